The van der Waals surface area contributed by atoms with E-state index in [1.165, 1.54) is 18.5 Å². The van der Waals surface area contributed by atoms with E-state index in [-0.39, 0.29) is 5.69 Å². The van der Waals surface area contributed by atoms with Crippen LogP contribution in [0.4, 0.5) is 5.69 Å². The summed E-state index contributed by atoms with van der Waals surface area (Å²) in [5, 5.41) is 10.5. The van der Waals surface area contributed by atoms with Crippen LogP contribution in [0.25, 0.3) is 11.0 Å². The molecule has 0 fully saturated rings. The summed E-state index contributed by atoms with van der Waals surface area (Å²) in [6, 6.07) is 3.00. The van der Waals surface area contributed by atoms with Gasteiger partial charge in [-0.25, -0.2) is 4.98 Å². The fraction of sp³-hybridized carbons (Fsp3) is 0.125. The monoisotopic (exact) mass is 177 g/mol. The normalized spacial score (nSPS) is 10.5. The molecular formula is C8H7N3O2. The second-order valence-electron chi connectivity index (χ2n) is 2.82. The van der Waals surface area contributed by atoms with Gasteiger partial charge >= 0.3 is 0 Å². The van der Waals surface area contributed by atoms with Crippen LogP contribution in [0.5, 0.6) is 0 Å². The third-order valence-electron chi connectivity index (χ3n) is 1.91. The lowest BCUT2D eigenvalue weighted by Crippen LogP contribution is -1.89. The summed E-state index contributed by atoms with van der Waals surface area (Å²) in [5.41, 5.74) is 2.39. The quantitative estimate of drug-likeness (QED) is 0.533. The lowest BCUT2D eigenvalue weighted by atomic mass is 10.2. The molecule has 0 aliphatic carbocycles. The van der Waals surface area contributed by atoms with Crippen molar-refractivity contribution in [2.24, 2.45) is 0 Å². The molecule has 1 N–H and O–H groups in total. The van der Waals surface area contributed by atoms with Gasteiger partial charge in [0.05, 0.1) is 22.3 Å². The number of aromatic amines is 1. The molecule has 5 nitrogen and oxygen atoms in total. The minimum Gasteiger partial charge on any atom is -0.344 e. The van der Waals surface area contributed by atoms with Crippen molar-refractivity contribution in [2.75, 3.05) is 0 Å². The lowest BCUT2D eigenvalue weighted by Gasteiger charge is -1.94. The topological polar surface area (TPSA) is 71.8 Å². The number of H-pyrrole nitrogens is 1. The first-order valence-corrected chi connectivity index (χ1v) is 3.76. The van der Waals surface area contributed by atoms with Gasteiger partial charge < -0.3 is 4.98 Å². The number of fused-ring (bicyclic) bond motifs is 1. The molecule has 0 spiro atoms. The van der Waals surface area contributed by atoms with Crippen molar-refractivity contribution in [2.45, 2.75) is 6.92 Å². The van der Waals surface area contributed by atoms with Gasteiger partial charge in [0.2, 0.25) is 0 Å². The Morgan fingerprint density at radius 3 is 3.00 bits per heavy atom. The number of hydrogen-bond acceptors (Lipinski definition) is 3. The molecule has 2 rings (SSSR count). The van der Waals surface area contributed by atoms with Gasteiger partial charge in [-0.3, -0.25) is 10.1 Å². The molecule has 1 aromatic carbocycles. The molecule has 0 aliphatic rings. The van der Waals surface area contributed by atoms with E-state index in [2.05, 4.69) is 9.97 Å². The Kier molecular flexibility index (Phi) is 1.51. The largest absolute Gasteiger partial charge is 0.344 e. The number of rotatable bonds is 1. The summed E-state index contributed by atoms with van der Waals surface area (Å²) in [6.07, 6.45) is 1.53. The van der Waals surface area contributed by atoms with Crippen LogP contribution in [0.15, 0.2) is 18.5 Å². The Labute approximate surface area is 73.6 Å². The summed E-state index contributed by atoms with van der Waals surface area (Å²) in [7, 11) is 0. The summed E-state index contributed by atoms with van der Waals surface area (Å²) >= 11 is 0. The van der Waals surface area contributed by atoms with Gasteiger partial charge in [0.1, 0.15) is 0 Å². The van der Waals surface area contributed by atoms with Crippen LogP contribution in [-0.2, 0) is 0 Å². The van der Waals surface area contributed by atoms with E-state index in [4.69, 9.17) is 0 Å². The zero-order valence-corrected chi connectivity index (χ0v) is 6.94. The van der Waals surface area contributed by atoms with Crippen LogP contribution in [0, 0.1) is 17.0 Å². The van der Waals surface area contributed by atoms with E-state index in [9.17, 15) is 10.1 Å². The second-order valence-corrected chi connectivity index (χ2v) is 2.82. The molecule has 0 saturated heterocycles. The second kappa shape index (κ2) is 2.55. The molecule has 66 valence electrons. The third-order valence-corrected chi connectivity index (χ3v) is 1.91. The predicted octanol–water partition coefficient (Wildman–Crippen LogP) is 1.78. The summed E-state index contributed by atoms with van der Waals surface area (Å²) in [5.74, 6) is 0. The number of hydrogen-bond donors (Lipinski definition) is 1. The first-order chi connectivity index (χ1) is 6.18. The van der Waals surface area contributed by atoms with Crippen molar-refractivity contribution in [3.63, 3.8) is 0 Å². The van der Waals surface area contributed by atoms with Crippen molar-refractivity contribution >= 4 is 16.7 Å². The fourth-order valence-electron chi connectivity index (χ4n) is 1.31. The highest BCUT2D eigenvalue weighted by atomic mass is 16.6. The zero-order valence-electron chi connectivity index (χ0n) is 6.94. The van der Waals surface area contributed by atoms with E-state index in [1.54, 1.807) is 6.92 Å². The fourth-order valence-corrected chi connectivity index (χ4v) is 1.31. The van der Waals surface area contributed by atoms with Gasteiger partial charge in [0.25, 0.3) is 5.69 Å². The minimum atomic E-state index is -0.409. The highest BCUT2D eigenvalue weighted by molar-refractivity contribution is 5.80. The smallest absolute Gasteiger partial charge is 0.271 e. The zero-order chi connectivity index (χ0) is 9.42. The number of aryl methyl sites for hydroxylation is 1. The molecule has 0 bridgehead atoms. The number of nitrogens with zero attached hydrogens (tertiary/aromatic N) is 2. The standard InChI is InChI=1S/C8H7N3O2/c1-5-2-6(11(12)13)3-7-8(5)10-4-9-7/h2-4H,1H3,(H,9,10). The predicted molar refractivity (Wildman–Crippen MR) is 47.5 cm³/mol. The third kappa shape index (κ3) is 1.14. The number of aromatic nitrogens is 2. The van der Waals surface area contributed by atoms with Gasteiger partial charge in [0, 0.05) is 12.1 Å². The van der Waals surface area contributed by atoms with Gasteiger partial charge in [-0.15, -0.1) is 0 Å². The number of benzene rings is 1. The van der Waals surface area contributed by atoms with Gasteiger partial charge in [-0.1, -0.05) is 0 Å². The van der Waals surface area contributed by atoms with Crippen LogP contribution in [0.1, 0.15) is 5.56 Å². The molecule has 1 aromatic heterocycles. The number of nitro groups is 1. The van der Waals surface area contributed by atoms with Crippen molar-refractivity contribution in [1.29, 1.82) is 0 Å². The summed E-state index contributed by atoms with van der Waals surface area (Å²) in [4.78, 5) is 17.0. The first-order valence-electron chi connectivity index (χ1n) is 3.76. The molecule has 0 atom stereocenters. The van der Waals surface area contributed by atoms with Gasteiger partial charge in [0.15, 0.2) is 0 Å². The lowest BCUT2D eigenvalue weighted by molar-refractivity contribution is -0.384. The van der Waals surface area contributed by atoms with Crippen LogP contribution < -0.4 is 0 Å². The van der Waals surface area contributed by atoms with Crippen LogP contribution in [-0.4, -0.2) is 14.9 Å². The molecule has 0 saturated carbocycles. The van der Waals surface area contributed by atoms with Crippen LogP contribution in [0.3, 0.4) is 0 Å². The average Bonchev–Trinajstić information content (AvgIpc) is 2.51. The Morgan fingerprint density at radius 1 is 1.54 bits per heavy atom. The number of non-ortho nitro benzene ring substituents is 1. The molecule has 2 aromatic rings. The number of imidazole rings is 1. The Balaban J connectivity index is 2.77. The Hall–Kier alpha value is -1.91. The van der Waals surface area contributed by atoms with E-state index in [1.807, 2.05) is 0 Å². The maximum atomic E-state index is 10.5. The average molecular weight is 177 g/mol. The highest BCUT2D eigenvalue weighted by Gasteiger charge is 2.09. The molecule has 1 heterocycles. The molecule has 13 heavy (non-hydrogen) atoms. The minimum absolute atomic E-state index is 0.0919. The molecule has 0 amide bonds. The van der Waals surface area contributed by atoms with Gasteiger partial charge in [-0.2, -0.15) is 0 Å². The van der Waals surface area contributed by atoms with E-state index in [0.717, 1.165) is 11.1 Å². The SMILES string of the molecule is Cc1cc([N+](=O)[O-])cc2[nH]cnc12. The summed E-state index contributed by atoms with van der Waals surface area (Å²) in [6.45, 7) is 1.80. The number of nitrogens with one attached hydrogen (secondary N) is 1. The van der Waals surface area contributed by atoms with Gasteiger partial charge in [-0.05, 0) is 12.5 Å². The van der Waals surface area contributed by atoms with Crippen LogP contribution >= 0.6 is 0 Å². The molecule has 0 aliphatic heterocycles. The van der Waals surface area contributed by atoms with E-state index >= 15 is 0 Å². The van der Waals surface area contributed by atoms with Crippen molar-refractivity contribution in [3.8, 4) is 0 Å². The van der Waals surface area contributed by atoms with Crippen molar-refractivity contribution in [1.82, 2.24) is 9.97 Å². The maximum absolute atomic E-state index is 10.5. The van der Waals surface area contributed by atoms with E-state index in [0.29, 0.717) is 5.52 Å². The first kappa shape index (κ1) is 7.72. The molecular weight excluding hydrogens is 170 g/mol. The van der Waals surface area contributed by atoms with E-state index < -0.39 is 4.92 Å². The van der Waals surface area contributed by atoms with Crippen LogP contribution in [0.2, 0.25) is 0 Å². The Bertz CT molecular complexity index is 475. The number of nitro benzene ring substituents is 1. The molecule has 5 heteroatoms. The van der Waals surface area contributed by atoms with Crippen molar-refractivity contribution < 1.29 is 4.92 Å². The van der Waals surface area contributed by atoms with Crippen molar-refractivity contribution in [3.05, 3.63) is 34.1 Å². The maximum Gasteiger partial charge on any atom is 0.271 e. The molecule has 0 unspecified atom stereocenters. The Morgan fingerprint density at radius 2 is 2.31 bits per heavy atom. The highest BCUT2D eigenvalue weighted by Crippen LogP contribution is 2.21. The summed E-state index contributed by atoms with van der Waals surface area (Å²) < 4.78 is 0. The molecule has 0 radical (unpaired) electrons.